The number of carbonyl (C=O) groups excluding carboxylic acids is 1. The summed E-state index contributed by atoms with van der Waals surface area (Å²) in [6, 6.07) is 5.46. The molecule has 1 rings (SSSR count). The van der Waals surface area contributed by atoms with Crippen molar-refractivity contribution >= 4 is 33.4 Å². The maximum absolute atomic E-state index is 10.6. The van der Waals surface area contributed by atoms with Gasteiger partial charge in [0, 0.05) is 17.0 Å². The summed E-state index contributed by atoms with van der Waals surface area (Å²) in [5.41, 5.74) is 0.747. The van der Waals surface area contributed by atoms with Gasteiger partial charge in [-0.05, 0) is 18.2 Å². The topological polar surface area (TPSA) is 29.1 Å². The van der Waals surface area contributed by atoms with E-state index in [4.69, 9.17) is 11.6 Å². The van der Waals surface area contributed by atoms with Crippen molar-refractivity contribution in [2.75, 3.05) is 6.54 Å². The second kappa shape index (κ2) is 5.79. The Morgan fingerprint density at radius 2 is 2.33 bits per heavy atom. The lowest BCUT2D eigenvalue weighted by Gasteiger charge is -1.96. The van der Waals surface area contributed by atoms with Crippen molar-refractivity contribution in [1.82, 2.24) is 5.32 Å². The number of hydrogen-bond donors (Lipinski definition) is 1. The monoisotopic (exact) mass is 285 g/mol. The summed E-state index contributed by atoms with van der Waals surface area (Å²) >= 11 is 9.26. The van der Waals surface area contributed by atoms with Crippen molar-refractivity contribution in [3.63, 3.8) is 0 Å². The van der Waals surface area contributed by atoms with Gasteiger partial charge in [-0.15, -0.1) is 0 Å². The maximum atomic E-state index is 10.6. The first-order valence-electron chi connectivity index (χ1n) is 4.28. The van der Waals surface area contributed by atoms with Crippen LogP contribution >= 0.6 is 27.5 Å². The number of rotatable bonds is 1. The summed E-state index contributed by atoms with van der Waals surface area (Å²) in [7, 11) is 0. The Balaban J connectivity index is 2.71. The summed E-state index contributed by atoms with van der Waals surface area (Å²) in [6.07, 6.45) is 0. The first-order chi connectivity index (χ1) is 7.09. The minimum Gasteiger partial charge on any atom is -0.345 e. The van der Waals surface area contributed by atoms with Gasteiger partial charge < -0.3 is 5.32 Å². The second-order valence-electron chi connectivity index (χ2n) is 2.84. The van der Waals surface area contributed by atoms with E-state index in [-0.39, 0.29) is 5.91 Å². The SMILES string of the molecule is CC(=O)NCC#Cc1cc(Br)ccc1Cl. The molecular weight excluding hydrogens is 277 g/mol. The molecule has 1 aromatic rings. The van der Waals surface area contributed by atoms with E-state index in [0.29, 0.717) is 11.6 Å². The van der Waals surface area contributed by atoms with Crippen LogP contribution in [0.5, 0.6) is 0 Å². The molecule has 1 amide bonds. The molecular formula is C11H9BrClNO. The predicted octanol–water partition coefficient (Wildman–Crippen LogP) is 2.59. The zero-order valence-corrected chi connectivity index (χ0v) is 10.4. The fraction of sp³-hybridized carbons (Fsp3) is 0.182. The van der Waals surface area contributed by atoms with Crippen molar-refractivity contribution in [1.29, 1.82) is 0 Å². The molecule has 0 unspecified atom stereocenters. The molecule has 15 heavy (non-hydrogen) atoms. The van der Waals surface area contributed by atoms with Gasteiger partial charge in [0.15, 0.2) is 0 Å². The average molecular weight is 287 g/mol. The molecule has 0 aliphatic carbocycles. The van der Waals surface area contributed by atoms with Crippen LogP contribution in [0.3, 0.4) is 0 Å². The molecule has 0 aliphatic heterocycles. The van der Waals surface area contributed by atoms with Gasteiger partial charge in [-0.3, -0.25) is 4.79 Å². The molecule has 0 aromatic heterocycles. The highest BCUT2D eigenvalue weighted by Gasteiger charge is 1.96. The average Bonchev–Trinajstić information content (AvgIpc) is 2.17. The highest BCUT2D eigenvalue weighted by atomic mass is 79.9. The van der Waals surface area contributed by atoms with Crippen LogP contribution in [0.15, 0.2) is 22.7 Å². The van der Waals surface area contributed by atoms with E-state index in [2.05, 4.69) is 33.1 Å². The normalized spacial score (nSPS) is 9.00. The molecule has 0 spiro atoms. The predicted molar refractivity (Wildman–Crippen MR) is 64.7 cm³/mol. The molecule has 4 heteroatoms. The summed E-state index contributed by atoms with van der Waals surface area (Å²) in [5, 5.41) is 3.19. The smallest absolute Gasteiger partial charge is 0.217 e. The molecule has 0 heterocycles. The molecule has 78 valence electrons. The number of nitrogens with one attached hydrogen (secondary N) is 1. The molecule has 0 aliphatic rings. The quantitative estimate of drug-likeness (QED) is 0.790. The van der Waals surface area contributed by atoms with Gasteiger partial charge >= 0.3 is 0 Å². The molecule has 2 nitrogen and oxygen atoms in total. The van der Waals surface area contributed by atoms with E-state index < -0.39 is 0 Å². The van der Waals surface area contributed by atoms with Crippen LogP contribution in [-0.4, -0.2) is 12.5 Å². The van der Waals surface area contributed by atoms with Crippen molar-refractivity contribution in [2.24, 2.45) is 0 Å². The lowest BCUT2D eigenvalue weighted by molar-refractivity contribution is -0.118. The minimum atomic E-state index is -0.0929. The summed E-state index contributed by atoms with van der Waals surface area (Å²) in [6.45, 7) is 1.78. The number of hydrogen-bond acceptors (Lipinski definition) is 1. The number of halogens is 2. The Labute approximate surface area is 102 Å². The molecule has 1 N–H and O–H groups in total. The molecule has 0 bridgehead atoms. The van der Waals surface area contributed by atoms with Crippen LogP contribution in [0, 0.1) is 11.8 Å². The van der Waals surface area contributed by atoms with Gasteiger partial charge in [-0.1, -0.05) is 39.4 Å². The molecule has 0 atom stereocenters. The van der Waals surface area contributed by atoms with Crippen LogP contribution in [0.25, 0.3) is 0 Å². The fourth-order valence-electron chi connectivity index (χ4n) is 0.901. The van der Waals surface area contributed by atoms with E-state index >= 15 is 0 Å². The van der Waals surface area contributed by atoms with Crippen molar-refractivity contribution in [3.8, 4) is 11.8 Å². The van der Waals surface area contributed by atoms with Crippen LogP contribution < -0.4 is 5.32 Å². The molecule has 1 aromatic carbocycles. The highest BCUT2D eigenvalue weighted by Crippen LogP contribution is 2.19. The van der Waals surface area contributed by atoms with Crippen LogP contribution in [0.2, 0.25) is 5.02 Å². The lowest BCUT2D eigenvalue weighted by atomic mass is 10.2. The Bertz CT molecular complexity index is 434. The van der Waals surface area contributed by atoms with Gasteiger partial charge in [0.25, 0.3) is 0 Å². The largest absolute Gasteiger partial charge is 0.345 e. The number of benzene rings is 1. The molecule has 0 saturated carbocycles. The van der Waals surface area contributed by atoms with Gasteiger partial charge in [0.1, 0.15) is 0 Å². The Morgan fingerprint density at radius 1 is 1.60 bits per heavy atom. The third kappa shape index (κ3) is 4.37. The van der Waals surface area contributed by atoms with E-state index in [1.807, 2.05) is 12.1 Å². The number of amides is 1. The van der Waals surface area contributed by atoms with Crippen LogP contribution in [-0.2, 0) is 4.79 Å². The summed E-state index contributed by atoms with van der Waals surface area (Å²) in [4.78, 5) is 10.6. The third-order valence-electron chi connectivity index (χ3n) is 1.58. The van der Waals surface area contributed by atoms with Crippen molar-refractivity contribution in [3.05, 3.63) is 33.3 Å². The molecule has 0 fully saturated rings. The highest BCUT2D eigenvalue weighted by molar-refractivity contribution is 9.10. The van der Waals surface area contributed by atoms with Crippen LogP contribution in [0.4, 0.5) is 0 Å². The first-order valence-corrected chi connectivity index (χ1v) is 5.45. The van der Waals surface area contributed by atoms with Gasteiger partial charge in [-0.2, -0.15) is 0 Å². The summed E-state index contributed by atoms with van der Waals surface area (Å²) in [5.74, 6) is 5.60. The second-order valence-corrected chi connectivity index (χ2v) is 4.16. The van der Waals surface area contributed by atoms with E-state index in [1.165, 1.54) is 6.92 Å². The lowest BCUT2D eigenvalue weighted by Crippen LogP contribution is -2.19. The van der Waals surface area contributed by atoms with Gasteiger partial charge in [-0.25, -0.2) is 0 Å². The van der Waals surface area contributed by atoms with Crippen LogP contribution in [0.1, 0.15) is 12.5 Å². The standard InChI is InChI=1S/C11H9BrClNO/c1-8(15)14-6-2-3-9-7-10(12)4-5-11(9)13/h4-5,7H,6H2,1H3,(H,14,15). The number of carbonyl (C=O) groups is 1. The first kappa shape index (κ1) is 12.1. The zero-order valence-electron chi connectivity index (χ0n) is 8.10. The Hall–Kier alpha value is -0.980. The Kier molecular flexibility index (Phi) is 4.67. The maximum Gasteiger partial charge on any atom is 0.217 e. The van der Waals surface area contributed by atoms with Gasteiger partial charge in [0.2, 0.25) is 5.91 Å². The molecule has 0 saturated heterocycles. The van der Waals surface area contributed by atoms with Crippen molar-refractivity contribution in [2.45, 2.75) is 6.92 Å². The van der Waals surface area contributed by atoms with E-state index in [0.717, 1.165) is 10.0 Å². The minimum absolute atomic E-state index is 0.0929. The van der Waals surface area contributed by atoms with Gasteiger partial charge in [0.05, 0.1) is 11.6 Å². The third-order valence-corrected chi connectivity index (χ3v) is 2.40. The van der Waals surface area contributed by atoms with Crippen molar-refractivity contribution < 1.29 is 4.79 Å². The van der Waals surface area contributed by atoms with E-state index in [1.54, 1.807) is 6.07 Å². The fourth-order valence-corrected chi connectivity index (χ4v) is 1.43. The van der Waals surface area contributed by atoms with E-state index in [9.17, 15) is 4.79 Å². The molecule has 0 radical (unpaired) electrons. The zero-order chi connectivity index (χ0) is 11.3. The summed E-state index contributed by atoms with van der Waals surface area (Å²) < 4.78 is 0.927. The Morgan fingerprint density at radius 3 is 3.00 bits per heavy atom.